The summed E-state index contributed by atoms with van der Waals surface area (Å²) in [4.78, 5) is 16.9. The molecular weight excluding hydrogens is 280 g/mol. The average molecular weight is 307 g/mol. The third kappa shape index (κ3) is 3.79. The third-order valence-electron chi connectivity index (χ3n) is 4.43. The summed E-state index contributed by atoms with van der Waals surface area (Å²) in [5, 5.41) is 0. The summed E-state index contributed by atoms with van der Waals surface area (Å²) in [5.74, 6) is 1.08. The maximum Gasteiger partial charge on any atom is 0.233 e. The predicted octanol–water partition coefficient (Wildman–Crippen LogP) is 2.99. The number of nitrogens with zero attached hydrogens (tertiary/aromatic N) is 2. The minimum atomic E-state index is 0. The number of rotatable bonds is 5. The molecule has 1 amide bonds. The van der Waals surface area contributed by atoms with Crippen LogP contribution in [0.2, 0.25) is 0 Å². The van der Waals surface area contributed by atoms with Crippen molar-refractivity contribution in [3.05, 3.63) is 0 Å². The lowest BCUT2D eigenvalue weighted by Crippen LogP contribution is -2.48. The number of carbonyl (C=O) groups excluding carboxylic acids is 1. The van der Waals surface area contributed by atoms with Gasteiger partial charge >= 0.3 is 0 Å². The largest absolute Gasteiger partial charge is 0.326 e. The average Bonchev–Trinajstić information content (AvgIpc) is 2.69. The molecule has 1 saturated heterocycles. The van der Waals surface area contributed by atoms with Crippen LogP contribution in [0.5, 0.6) is 0 Å². The van der Waals surface area contributed by atoms with Crippen LogP contribution in [0.3, 0.4) is 0 Å². The lowest BCUT2D eigenvalue weighted by Gasteiger charge is -2.41. The molecule has 19 heavy (non-hydrogen) atoms. The normalized spacial score (nSPS) is 22.1. The highest BCUT2D eigenvalue weighted by Crippen LogP contribution is 2.46. The molecule has 0 radical (unpaired) electrons. The van der Waals surface area contributed by atoms with E-state index in [0.717, 1.165) is 26.2 Å². The fourth-order valence-electron chi connectivity index (χ4n) is 3.21. The van der Waals surface area contributed by atoms with Crippen LogP contribution in [-0.4, -0.2) is 52.5 Å². The Hall–Kier alpha value is 0.0700. The van der Waals surface area contributed by atoms with Crippen LogP contribution in [0.4, 0.5) is 0 Å². The SMILES string of the molecule is CCN(CC)CCN1C(=O)CSC12CCCCC2.Cl. The van der Waals surface area contributed by atoms with E-state index in [4.69, 9.17) is 0 Å². The number of likely N-dealkylation sites (N-methyl/N-ethyl adjacent to an activating group) is 1. The molecule has 1 aliphatic carbocycles. The molecule has 0 N–H and O–H groups in total. The summed E-state index contributed by atoms with van der Waals surface area (Å²) in [7, 11) is 0. The summed E-state index contributed by atoms with van der Waals surface area (Å²) in [5.41, 5.74) is 0. The van der Waals surface area contributed by atoms with Crippen LogP contribution in [0.15, 0.2) is 0 Å². The standard InChI is InChI=1S/C14H26N2OS.ClH/c1-3-15(4-2)10-11-16-13(17)12-18-14(16)8-6-5-7-9-14;/h3-12H2,1-2H3;1H. The molecule has 2 fully saturated rings. The van der Waals surface area contributed by atoms with Crippen molar-refractivity contribution >= 4 is 30.1 Å². The molecule has 0 bridgehead atoms. The number of amides is 1. The minimum Gasteiger partial charge on any atom is -0.326 e. The first-order valence-electron chi connectivity index (χ1n) is 7.38. The highest BCUT2D eigenvalue weighted by Gasteiger charge is 2.46. The van der Waals surface area contributed by atoms with E-state index in [2.05, 4.69) is 23.6 Å². The van der Waals surface area contributed by atoms with Crippen molar-refractivity contribution < 1.29 is 4.79 Å². The highest BCUT2D eigenvalue weighted by atomic mass is 35.5. The van der Waals surface area contributed by atoms with Gasteiger partial charge in [-0.3, -0.25) is 4.79 Å². The minimum absolute atomic E-state index is 0. The maximum atomic E-state index is 12.1. The summed E-state index contributed by atoms with van der Waals surface area (Å²) >= 11 is 1.91. The summed E-state index contributed by atoms with van der Waals surface area (Å²) in [6, 6.07) is 0. The summed E-state index contributed by atoms with van der Waals surface area (Å²) in [6.45, 7) is 8.51. The fourth-order valence-corrected chi connectivity index (χ4v) is 4.68. The first kappa shape index (κ1) is 17.1. The molecule has 0 aromatic rings. The third-order valence-corrected chi connectivity index (χ3v) is 5.98. The molecular formula is C14H27ClN2OS. The van der Waals surface area contributed by atoms with Gasteiger partial charge in [0.1, 0.15) is 0 Å². The Labute approximate surface area is 127 Å². The van der Waals surface area contributed by atoms with Crippen molar-refractivity contribution in [3.63, 3.8) is 0 Å². The zero-order chi connectivity index (χ0) is 13.0. The van der Waals surface area contributed by atoms with Crippen molar-refractivity contribution in [2.45, 2.75) is 50.8 Å². The van der Waals surface area contributed by atoms with Crippen molar-refractivity contribution in [1.82, 2.24) is 9.80 Å². The van der Waals surface area contributed by atoms with E-state index in [1.54, 1.807) is 0 Å². The zero-order valence-electron chi connectivity index (χ0n) is 12.2. The van der Waals surface area contributed by atoms with Crippen molar-refractivity contribution in [2.24, 2.45) is 0 Å². The van der Waals surface area contributed by atoms with Gasteiger partial charge in [-0.2, -0.15) is 0 Å². The van der Waals surface area contributed by atoms with Gasteiger partial charge in [-0.25, -0.2) is 0 Å². The van der Waals surface area contributed by atoms with E-state index in [-0.39, 0.29) is 17.3 Å². The van der Waals surface area contributed by atoms with Crippen LogP contribution in [0.1, 0.15) is 46.0 Å². The molecule has 1 aliphatic heterocycles. The number of hydrogen-bond donors (Lipinski definition) is 0. The van der Waals surface area contributed by atoms with E-state index in [1.807, 2.05) is 11.8 Å². The number of halogens is 1. The molecule has 0 unspecified atom stereocenters. The highest BCUT2D eigenvalue weighted by molar-refractivity contribution is 8.01. The second kappa shape index (κ2) is 7.75. The van der Waals surface area contributed by atoms with Crippen molar-refractivity contribution in [2.75, 3.05) is 31.9 Å². The van der Waals surface area contributed by atoms with Gasteiger partial charge in [0.05, 0.1) is 10.6 Å². The van der Waals surface area contributed by atoms with Crippen LogP contribution >= 0.6 is 24.2 Å². The molecule has 5 heteroatoms. The smallest absolute Gasteiger partial charge is 0.233 e. The first-order valence-corrected chi connectivity index (χ1v) is 8.37. The van der Waals surface area contributed by atoms with Crippen LogP contribution in [0, 0.1) is 0 Å². The molecule has 0 aromatic heterocycles. The van der Waals surface area contributed by atoms with Crippen LogP contribution in [-0.2, 0) is 4.79 Å². The van der Waals surface area contributed by atoms with Gasteiger partial charge in [0.15, 0.2) is 0 Å². The Morgan fingerprint density at radius 1 is 1.21 bits per heavy atom. The van der Waals surface area contributed by atoms with Crippen molar-refractivity contribution in [3.8, 4) is 0 Å². The van der Waals surface area contributed by atoms with Gasteiger partial charge in [-0.15, -0.1) is 24.2 Å². The predicted molar refractivity (Wildman–Crippen MR) is 85.0 cm³/mol. The van der Waals surface area contributed by atoms with E-state index < -0.39 is 0 Å². The number of hydrogen-bond acceptors (Lipinski definition) is 3. The maximum absolute atomic E-state index is 12.1. The molecule has 1 saturated carbocycles. The molecule has 3 nitrogen and oxygen atoms in total. The Balaban J connectivity index is 0.00000180. The summed E-state index contributed by atoms with van der Waals surface area (Å²) in [6.07, 6.45) is 6.35. The molecule has 0 aromatic carbocycles. The van der Waals surface area contributed by atoms with Crippen LogP contribution < -0.4 is 0 Å². The Morgan fingerprint density at radius 3 is 2.42 bits per heavy atom. The molecule has 2 aliphatic rings. The van der Waals surface area contributed by atoms with Gasteiger partial charge in [0.2, 0.25) is 5.91 Å². The monoisotopic (exact) mass is 306 g/mol. The Morgan fingerprint density at radius 2 is 1.84 bits per heavy atom. The molecule has 1 spiro atoms. The fraction of sp³-hybridized carbons (Fsp3) is 0.929. The lowest BCUT2D eigenvalue weighted by atomic mass is 9.93. The molecule has 1 heterocycles. The lowest BCUT2D eigenvalue weighted by molar-refractivity contribution is -0.131. The Bertz CT molecular complexity index is 291. The van der Waals surface area contributed by atoms with Gasteiger partial charge < -0.3 is 9.80 Å². The van der Waals surface area contributed by atoms with Gasteiger partial charge in [0.25, 0.3) is 0 Å². The van der Waals surface area contributed by atoms with E-state index >= 15 is 0 Å². The van der Waals surface area contributed by atoms with E-state index in [9.17, 15) is 4.79 Å². The van der Waals surface area contributed by atoms with Crippen molar-refractivity contribution in [1.29, 1.82) is 0 Å². The second-order valence-electron chi connectivity index (χ2n) is 5.37. The topological polar surface area (TPSA) is 23.6 Å². The van der Waals surface area contributed by atoms with Gasteiger partial charge in [0, 0.05) is 13.1 Å². The quantitative estimate of drug-likeness (QED) is 0.780. The van der Waals surface area contributed by atoms with E-state index in [0.29, 0.717) is 11.7 Å². The summed E-state index contributed by atoms with van der Waals surface area (Å²) < 4.78 is 0. The number of carbonyl (C=O) groups is 1. The molecule has 112 valence electrons. The van der Waals surface area contributed by atoms with Gasteiger partial charge in [-0.05, 0) is 25.9 Å². The second-order valence-corrected chi connectivity index (χ2v) is 6.71. The number of thioether (sulfide) groups is 1. The molecule has 2 rings (SSSR count). The zero-order valence-corrected chi connectivity index (χ0v) is 13.8. The first-order chi connectivity index (χ1) is 8.72. The van der Waals surface area contributed by atoms with Crippen LogP contribution in [0.25, 0.3) is 0 Å². The van der Waals surface area contributed by atoms with Gasteiger partial charge in [-0.1, -0.05) is 33.1 Å². The van der Waals surface area contributed by atoms with E-state index in [1.165, 1.54) is 32.1 Å². The Kier molecular flexibility index (Phi) is 6.98. The molecule has 0 atom stereocenters.